The van der Waals surface area contributed by atoms with Crippen molar-refractivity contribution in [3.8, 4) is 0 Å². The van der Waals surface area contributed by atoms with Crippen molar-refractivity contribution in [2.45, 2.75) is 25.8 Å². The van der Waals surface area contributed by atoms with E-state index in [1.54, 1.807) is 6.07 Å². The summed E-state index contributed by atoms with van der Waals surface area (Å²) in [6, 6.07) is 5.70. The van der Waals surface area contributed by atoms with Crippen molar-refractivity contribution >= 4 is 17.5 Å². The van der Waals surface area contributed by atoms with E-state index in [0.29, 0.717) is 37.3 Å². The number of carbonyl (C=O) groups excluding carboxylic acids is 2. The normalized spacial score (nSPS) is 22.1. The molecule has 106 valence electrons. The monoisotopic (exact) mass is 273 g/mol. The number of nitrogens with zero attached hydrogens (tertiary/aromatic N) is 2. The van der Waals surface area contributed by atoms with Crippen LogP contribution >= 0.6 is 0 Å². The Hall–Kier alpha value is -2.04. The third kappa shape index (κ3) is 2.13. The van der Waals surface area contributed by atoms with Crippen LogP contribution in [0.5, 0.6) is 0 Å². The summed E-state index contributed by atoms with van der Waals surface area (Å²) in [6.07, 6.45) is 1.46. The Balaban J connectivity index is 1.78. The van der Waals surface area contributed by atoms with Gasteiger partial charge in [-0.15, -0.1) is 0 Å². The molecule has 0 bridgehead atoms. The van der Waals surface area contributed by atoms with E-state index in [2.05, 4.69) is 0 Å². The van der Waals surface area contributed by atoms with E-state index in [0.717, 1.165) is 12.0 Å². The number of benzene rings is 1. The zero-order valence-electron chi connectivity index (χ0n) is 11.6. The van der Waals surface area contributed by atoms with Crippen LogP contribution in [0.2, 0.25) is 0 Å². The summed E-state index contributed by atoms with van der Waals surface area (Å²) in [5, 5.41) is 0. The second kappa shape index (κ2) is 4.81. The lowest BCUT2D eigenvalue weighted by atomic mass is 10.1. The second-order valence-corrected chi connectivity index (χ2v) is 5.62. The van der Waals surface area contributed by atoms with Gasteiger partial charge in [0.25, 0.3) is 5.91 Å². The van der Waals surface area contributed by atoms with Gasteiger partial charge in [-0.25, -0.2) is 0 Å². The number of rotatable bonds is 1. The molecule has 2 amide bonds. The van der Waals surface area contributed by atoms with Crippen LogP contribution in [0.25, 0.3) is 0 Å². The van der Waals surface area contributed by atoms with Gasteiger partial charge in [-0.2, -0.15) is 0 Å². The highest BCUT2D eigenvalue weighted by atomic mass is 16.2. The molecule has 20 heavy (non-hydrogen) atoms. The molecule has 2 fully saturated rings. The van der Waals surface area contributed by atoms with Crippen LogP contribution in [-0.2, 0) is 4.79 Å². The molecule has 0 aliphatic carbocycles. The molecule has 1 atom stereocenters. The summed E-state index contributed by atoms with van der Waals surface area (Å²) >= 11 is 0. The average Bonchev–Trinajstić information content (AvgIpc) is 2.82. The maximum atomic E-state index is 12.6. The number of amides is 2. The third-order valence-electron chi connectivity index (χ3n) is 4.22. The van der Waals surface area contributed by atoms with E-state index in [1.165, 1.54) is 0 Å². The zero-order valence-corrected chi connectivity index (χ0v) is 11.6. The molecule has 2 aliphatic heterocycles. The molecule has 2 heterocycles. The topological polar surface area (TPSA) is 66.6 Å². The summed E-state index contributed by atoms with van der Waals surface area (Å²) < 4.78 is 0. The molecule has 0 saturated carbocycles. The van der Waals surface area contributed by atoms with Crippen LogP contribution in [0.4, 0.5) is 5.69 Å². The van der Waals surface area contributed by atoms with Crippen LogP contribution in [0.15, 0.2) is 18.2 Å². The summed E-state index contributed by atoms with van der Waals surface area (Å²) in [4.78, 5) is 28.0. The van der Waals surface area contributed by atoms with Crippen LogP contribution < -0.4 is 5.73 Å². The summed E-state index contributed by atoms with van der Waals surface area (Å²) in [5.41, 5.74) is 8.03. The molecule has 0 aromatic heterocycles. The van der Waals surface area contributed by atoms with Gasteiger partial charge in [-0.1, -0.05) is 11.6 Å². The first-order valence-corrected chi connectivity index (χ1v) is 7.01. The summed E-state index contributed by atoms with van der Waals surface area (Å²) in [6.45, 7) is 3.80. The molecule has 5 heteroatoms. The van der Waals surface area contributed by atoms with Gasteiger partial charge in [-0.3, -0.25) is 9.59 Å². The molecule has 0 radical (unpaired) electrons. The smallest absolute Gasteiger partial charge is 0.256 e. The molecule has 2 aliphatic rings. The number of piperazine rings is 1. The molecule has 1 aromatic carbocycles. The lowest BCUT2D eigenvalue weighted by Crippen LogP contribution is -2.53. The van der Waals surface area contributed by atoms with Gasteiger partial charge in [0.1, 0.15) is 0 Å². The first kappa shape index (κ1) is 13.0. The van der Waals surface area contributed by atoms with Gasteiger partial charge in [0.05, 0.1) is 5.56 Å². The Morgan fingerprint density at radius 2 is 2.15 bits per heavy atom. The summed E-state index contributed by atoms with van der Waals surface area (Å²) in [7, 11) is 0. The first-order chi connectivity index (χ1) is 9.56. The molecule has 1 aromatic rings. The van der Waals surface area contributed by atoms with Crippen molar-refractivity contribution in [2.24, 2.45) is 0 Å². The number of anilines is 1. The number of nitrogen functional groups attached to an aromatic ring is 1. The predicted molar refractivity (Wildman–Crippen MR) is 76.2 cm³/mol. The molecular weight excluding hydrogens is 254 g/mol. The Morgan fingerprint density at radius 3 is 2.95 bits per heavy atom. The Kier molecular flexibility index (Phi) is 3.12. The highest BCUT2D eigenvalue weighted by molar-refractivity contribution is 5.99. The van der Waals surface area contributed by atoms with Crippen LogP contribution in [0.3, 0.4) is 0 Å². The van der Waals surface area contributed by atoms with Gasteiger partial charge < -0.3 is 15.5 Å². The van der Waals surface area contributed by atoms with E-state index in [-0.39, 0.29) is 17.9 Å². The maximum Gasteiger partial charge on any atom is 0.256 e. The van der Waals surface area contributed by atoms with Gasteiger partial charge in [0.15, 0.2) is 0 Å². The van der Waals surface area contributed by atoms with Crippen LogP contribution in [-0.4, -0.2) is 47.3 Å². The molecule has 2 N–H and O–H groups in total. The average molecular weight is 273 g/mol. The fourth-order valence-corrected chi connectivity index (χ4v) is 3.07. The Bertz CT molecular complexity index is 570. The molecule has 5 nitrogen and oxygen atoms in total. The van der Waals surface area contributed by atoms with Crippen LogP contribution in [0, 0.1) is 6.92 Å². The highest BCUT2D eigenvalue weighted by Crippen LogP contribution is 2.25. The van der Waals surface area contributed by atoms with Gasteiger partial charge in [-0.05, 0) is 25.5 Å². The Morgan fingerprint density at radius 1 is 1.35 bits per heavy atom. The maximum absolute atomic E-state index is 12.6. The SMILES string of the molecule is Cc1ccc(N)c(C(=O)N2CCN3C(=O)CCC3C2)c1. The number of hydrogen-bond acceptors (Lipinski definition) is 3. The van der Waals surface area contributed by atoms with E-state index < -0.39 is 0 Å². The molecule has 0 spiro atoms. The highest BCUT2D eigenvalue weighted by Gasteiger charge is 2.37. The predicted octanol–water partition coefficient (Wildman–Crippen LogP) is 1.02. The first-order valence-electron chi connectivity index (χ1n) is 7.01. The molecule has 2 saturated heterocycles. The lowest BCUT2D eigenvalue weighted by molar-refractivity contribution is -0.130. The minimum absolute atomic E-state index is 0.0230. The quantitative estimate of drug-likeness (QED) is 0.777. The third-order valence-corrected chi connectivity index (χ3v) is 4.22. The second-order valence-electron chi connectivity index (χ2n) is 5.62. The number of fused-ring (bicyclic) bond motifs is 1. The number of nitrogens with two attached hydrogens (primary N) is 1. The van der Waals surface area contributed by atoms with E-state index in [1.807, 2.05) is 28.9 Å². The van der Waals surface area contributed by atoms with E-state index in [9.17, 15) is 9.59 Å². The minimum atomic E-state index is -0.0230. The van der Waals surface area contributed by atoms with Crippen LogP contribution in [0.1, 0.15) is 28.8 Å². The largest absolute Gasteiger partial charge is 0.398 e. The number of hydrogen-bond donors (Lipinski definition) is 1. The van der Waals surface area contributed by atoms with Gasteiger partial charge >= 0.3 is 0 Å². The standard InChI is InChI=1S/C15H19N3O2/c1-10-2-4-13(16)12(8-10)15(20)17-6-7-18-11(9-17)3-5-14(18)19/h2,4,8,11H,3,5-7,9,16H2,1H3. The van der Waals surface area contributed by atoms with Crippen molar-refractivity contribution in [1.82, 2.24) is 9.80 Å². The number of carbonyl (C=O) groups is 2. The van der Waals surface area contributed by atoms with E-state index >= 15 is 0 Å². The van der Waals surface area contributed by atoms with E-state index in [4.69, 9.17) is 5.73 Å². The Labute approximate surface area is 118 Å². The fourth-order valence-electron chi connectivity index (χ4n) is 3.07. The van der Waals surface area contributed by atoms with Crippen molar-refractivity contribution in [3.05, 3.63) is 29.3 Å². The van der Waals surface area contributed by atoms with Gasteiger partial charge in [0, 0.05) is 37.8 Å². The van der Waals surface area contributed by atoms with Crippen molar-refractivity contribution < 1.29 is 9.59 Å². The van der Waals surface area contributed by atoms with Gasteiger partial charge in [0.2, 0.25) is 5.91 Å². The minimum Gasteiger partial charge on any atom is -0.398 e. The fraction of sp³-hybridized carbons (Fsp3) is 0.467. The molecule has 1 unspecified atom stereocenters. The van der Waals surface area contributed by atoms with Crippen molar-refractivity contribution in [3.63, 3.8) is 0 Å². The number of aryl methyl sites for hydroxylation is 1. The van der Waals surface area contributed by atoms with Crippen molar-refractivity contribution in [1.29, 1.82) is 0 Å². The van der Waals surface area contributed by atoms with Crippen molar-refractivity contribution in [2.75, 3.05) is 25.4 Å². The zero-order chi connectivity index (χ0) is 14.3. The molecule has 3 rings (SSSR count). The lowest BCUT2D eigenvalue weighted by Gasteiger charge is -2.37. The molecular formula is C15H19N3O2. The summed E-state index contributed by atoms with van der Waals surface area (Å²) in [5.74, 6) is 0.197.